The normalized spacial score (nSPS) is 16.4. The van der Waals surface area contributed by atoms with E-state index in [1.54, 1.807) is 0 Å². The second kappa shape index (κ2) is 15.3. The number of carbonyl (C=O) groups excluding carboxylic acids is 3. The van der Waals surface area contributed by atoms with Crippen molar-refractivity contribution >= 4 is 52.1 Å². The Morgan fingerprint density at radius 1 is 0.816 bits per heavy atom. The van der Waals surface area contributed by atoms with Crippen LogP contribution in [0.5, 0.6) is 11.5 Å². The molecule has 0 spiro atoms. The average Bonchev–Trinajstić information content (AvgIpc) is 3.13. The van der Waals surface area contributed by atoms with E-state index in [0.29, 0.717) is 4.43 Å². The number of alkyl halides is 1. The summed E-state index contributed by atoms with van der Waals surface area (Å²) in [7, 11) is 0. The standard InChI is InChI=1S/C34H31IN2O4S.C6H4O/c1-25(38)36-33(24-35)22-30(39)37(33)31(32(40)41-23-26-14-6-2-7-15-26)42-34(27-16-8-3-9-17-27,28-18-10-4-11-19-28)29-20-12-5-13-21-29;1-2-5-4-6(3-1)7-5/h2-21,31H,22-24H2,1H3,(H,36,38);1-4H. The van der Waals surface area contributed by atoms with Crippen LogP contribution in [0.15, 0.2) is 146 Å². The number of carbonyl (C=O) groups is 3. The number of ether oxygens (including phenoxy) is 2. The van der Waals surface area contributed by atoms with E-state index in [1.807, 2.05) is 146 Å². The van der Waals surface area contributed by atoms with Crippen molar-refractivity contribution in [2.75, 3.05) is 4.43 Å². The number of nitrogens with zero attached hydrogens (tertiary/aromatic N) is 1. The lowest BCUT2D eigenvalue weighted by molar-refractivity contribution is -0.171. The first-order valence-corrected chi connectivity index (χ1v) is 18.2. The smallest absolute Gasteiger partial charge is 0.339 e. The lowest BCUT2D eigenvalue weighted by Gasteiger charge is -2.54. The number of rotatable bonds is 11. The molecule has 0 aliphatic carbocycles. The van der Waals surface area contributed by atoms with Gasteiger partial charge in [-0.25, -0.2) is 4.79 Å². The summed E-state index contributed by atoms with van der Waals surface area (Å²) in [6.07, 6.45) is 0.105. The number of β-lactam (4-membered cyclic amide) rings is 1. The maximum absolute atomic E-state index is 14.2. The minimum atomic E-state index is -1.07. The molecular weight excluding hydrogens is 747 g/mol. The summed E-state index contributed by atoms with van der Waals surface area (Å²) in [6.45, 7) is 1.48. The van der Waals surface area contributed by atoms with E-state index >= 15 is 0 Å². The van der Waals surface area contributed by atoms with Gasteiger partial charge in [0.05, 0.1) is 11.2 Å². The summed E-state index contributed by atoms with van der Waals surface area (Å²) in [4.78, 5) is 41.5. The van der Waals surface area contributed by atoms with Crippen LogP contribution in [0, 0.1) is 0 Å². The van der Waals surface area contributed by atoms with Gasteiger partial charge in [0.25, 0.3) is 0 Å². The quantitative estimate of drug-likeness (QED) is 0.0471. The molecule has 5 aromatic rings. The number of fused-ring (bicyclic) bond motifs is 2. The van der Waals surface area contributed by atoms with Gasteiger partial charge < -0.3 is 14.8 Å². The Balaban J connectivity index is 0.000000522. The minimum Gasteiger partial charge on any atom is -0.459 e. The molecule has 2 atom stereocenters. The fraction of sp³-hybridized carbons (Fsp3) is 0.175. The first-order chi connectivity index (χ1) is 23.8. The molecule has 1 fully saturated rings. The van der Waals surface area contributed by atoms with E-state index in [0.717, 1.165) is 33.8 Å². The van der Waals surface area contributed by atoms with Crippen LogP contribution >= 0.6 is 34.4 Å². The van der Waals surface area contributed by atoms with Crippen molar-refractivity contribution < 1.29 is 23.9 Å². The van der Waals surface area contributed by atoms with Gasteiger partial charge in [0.1, 0.15) is 23.8 Å². The highest BCUT2D eigenvalue weighted by atomic mass is 127. The van der Waals surface area contributed by atoms with Crippen molar-refractivity contribution in [1.82, 2.24) is 10.2 Å². The zero-order valence-corrected chi connectivity index (χ0v) is 29.8. The van der Waals surface area contributed by atoms with Crippen LogP contribution in [0.25, 0.3) is 0 Å². The molecule has 2 unspecified atom stereocenters. The van der Waals surface area contributed by atoms with Crippen LogP contribution < -0.4 is 10.1 Å². The number of esters is 1. The van der Waals surface area contributed by atoms with Gasteiger partial charge in [-0.05, 0) is 34.4 Å². The van der Waals surface area contributed by atoms with Crippen molar-refractivity contribution in [3.8, 4) is 11.5 Å². The number of thioether (sulfide) groups is 1. The number of amides is 2. The number of halogens is 1. The third-order valence-electron chi connectivity index (χ3n) is 8.33. The van der Waals surface area contributed by atoms with Crippen LogP contribution in [0.2, 0.25) is 0 Å². The molecule has 1 saturated heterocycles. The van der Waals surface area contributed by atoms with E-state index in [2.05, 4.69) is 27.9 Å². The van der Waals surface area contributed by atoms with Gasteiger partial charge in [0.15, 0.2) is 5.37 Å². The molecule has 3 aliphatic heterocycles. The molecule has 3 heterocycles. The van der Waals surface area contributed by atoms with Gasteiger partial charge in [0, 0.05) is 17.4 Å². The first kappa shape index (κ1) is 34.3. The van der Waals surface area contributed by atoms with Crippen molar-refractivity contribution in [2.24, 2.45) is 0 Å². The Labute approximate surface area is 304 Å². The highest BCUT2D eigenvalue weighted by Gasteiger charge is 2.58. The molecule has 1 N–H and O–H groups in total. The predicted octanol–water partition coefficient (Wildman–Crippen LogP) is 8.07. The summed E-state index contributed by atoms with van der Waals surface area (Å²) < 4.78 is 10.4. The van der Waals surface area contributed by atoms with Crippen molar-refractivity contribution in [2.45, 2.75) is 35.7 Å². The van der Waals surface area contributed by atoms with Gasteiger partial charge in [-0.3, -0.25) is 14.5 Å². The largest absolute Gasteiger partial charge is 0.459 e. The molecule has 0 saturated carbocycles. The van der Waals surface area contributed by atoms with Crippen LogP contribution in [-0.4, -0.2) is 38.1 Å². The number of benzene rings is 5. The Morgan fingerprint density at radius 3 is 1.65 bits per heavy atom. The second-order valence-electron chi connectivity index (χ2n) is 11.7. The molecule has 2 amide bonds. The lowest BCUT2D eigenvalue weighted by Crippen LogP contribution is -2.76. The number of hydrogen-bond donors (Lipinski definition) is 1. The maximum atomic E-state index is 14.2. The molecule has 7 nitrogen and oxygen atoms in total. The molecular formula is C40H35IN2O5S. The molecule has 0 aromatic heterocycles. The molecule has 0 radical (unpaired) electrons. The van der Waals surface area contributed by atoms with E-state index in [1.165, 1.54) is 23.6 Å². The third kappa shape index (κ3) is 7.38. The van der Waals surface area contributed by atoms with Gasteiger partial charge in [0.2, 0.25) is 11.8 Å². The zero-order valence-electron chi connectivity index (χ0n) is 26.8. The number of likely N-dealkylation sites (tertiary alicyclic amines) is 1. The summed E-state index contributed by atoms with van der Waals surface area (Å²) in [5.41, 5.74) is 2.66. The van der Waals surface area contributed by atoms with Crippen LogP contribution in [0.3, 0.4) is 0 Å². The minimum absolute atomic E-state index is 0.0607. The summed E-state index contributed by atoms with van der Waals surface area (Å²) >= 11 is 3.51. The monoisotopic (exact) mass is 782 g/mol. The van der Waals surface area contributed by atoms with Crippen LogP contribution in [0.4, 0.5) is 0 Å². The molecule has 2 bridgehead atoms. The van der Waals surface area contributed by atoms with Gasteiger partial charge in [-0.2, -0.15) is 0 Å². The van der Waals surface area contributed by atoms with Crippen molar-refractivity contribution in [3.05, 3.63) is 168 Å². The molecule has 8 rings (SSSR count). The van der Waals surface area contributed by atoms with Crippen LogP contribution in [-0.2, 0) is 30.5 Å². The Bertz CT molecular complexity index is 1770. The fourth-order valence-electron chi connectivity index (χ4n) is 6.08. The van der Waals surface area contributed by atoms with Crippen molar-refractivity contribution in [3.63, 3.8) is 0 Å². The Hall–Kier alpha value is -4.61. The molecule has 49 heavy (non-hydrogen) atoms. The summed E-state index contributed by atoms with van der Waals surface area (Å²) in [5.74, 6) is 0.919. The van der Waals surface area contributed by atoms with Crippen LogP contribution in [0.1, 0.15) is 35.6 Å². The zero-order chi connectivity index (χ0) is 34.3. The predicted molar refractivity (Wildman–Crippen MR) is 200 cm³/mol. The third-order valence-corrected chi connectivity index (χ3v) is 11.3. The van der Waals surface area contributed by atoms with E-state index < -0.39 is 21.8 Å². The molecule has 248 valence electrons. The highest BCUT2D eigenvalue weighted by Crippen LogP contribution is 2.53. The Morgan fingerprint density at radius 2 is 1.29 bits per heavy atom. The van der Waals surface area contributed by atoms with Crippen molar-refractivity contribution in [1.29, 1.82) is 0 Å². The molecule has 3 aliphatic rings. The maximum Gasteiger partial charge on any atom is 0.339 e. The summed E-state index contributed by atoms with van der Waals surface area (Å²) in [6, 6.07) is 47.2. The van der Waals surface area contributed by atoms with E-state index in [-0.39, 0.29) is 24.8 Å². The van der Waals surface area contributed by atoms with Gasteiger partial charge in [-0.1, -0.05) is 150 Å². The number of nitrogens with one attached hydrogen (secondary N) is 1. The van der Waals surface area contributed by atoms with Gasteiger partial charge in [-0.15, -0.1) is 11.8 Å². The summed E-state index contributed by atoms with van der Waals surface area (Å²) in [5, 5.41) is 1.90. The fourth-order valence-corrected chi connectivity index (χ4v) is 8.64. The van der Waals surface area contributed by atoms with Gasteiger partial charge >= 0.3 is 5.97 Å². The topological polar surface area (TPSA) is 84.9 Å². The Kier molecular flexibility index (Phi) is 10.7. The first-order valence-electron chi connectivity index (χ1n) is 15.8. The second-order valence-corrected chi connectivity index (χ2v) is 13.8. The molecule has 5 aromatic carbocycles. The van der Waals surface area contributed by atoms with E-state index in [9.17, 15) is 14.4 Å². The van der Waals surface area contributed by atoms with E-state index in [4.69, 9.17) is 9.47 Å². The molecule has 9 heteroatoms. The lowest BCUT2D eigenvalue weighted by atomic mass is 9.84. The highest BCUT2D eigenvalue weighted by molar-refractivity contribution is 14.1. The average molecular weight is 783 g/mol. The SMILES string of the molecule is CC(=O)NC1(CI)CC(=O)N1C(SC(c1ccccc1)(c1ccccc1)c1ccccc1)C(=O)OCc1ccccc1.c1cc2cc(c1)O2. The number of hydrogen-bond acceptors (Lipinski definition) is 6.